The monoisotopic (exact) mass is 323 g/mol. The fourth-order valence-electron chi connectivity index (χ4n) is 2.62. The number of hydrogen-bond donors (Lipinski definition) is 3. The van der Waals surface area contributed by atoms with Crippen LogP contribution in [0.1, 0.15) is 43.2 Å². The highest BCUT2D eigenvalue weighted by atomic mass is 16.5. The number of nitrogens with one attached hydrogen (secondary N) is 1. The summed E-state index contributed by atoms with van der Waals surface area (Å²) < 4.78 is 5.27. The number of ether oxygens (including phenoxy) is 1. The van der Waals surface area contributed by atoms with Gasteiger partial charge in [0.1, 0.15) is 5.75 Å². The van der Waals surface area contributed by atoms with Crippen molar-refractivity contribution in [2.75, 3.05) is 7.11 Å². The average Bonchev–Trinajstić information content (AvgIpc) is 2.54. The largest absolute Gasteiger partial charge is 0.496 e. The molecule has 1 aromatic carbocycles. The molecule has 6 heteroatoms. The molecule has 0 unspecified atom stereocenters. The molecule has 1 saturated carbocycles. The van der Waals surface area contributed by atoms with Crippen molar-refractivity contribution in [1.29, 1.82) is 0 Å². The minimum absolute atomic E-state index is 0.728. The van der Waals surface area contributed by atoms with Crippen molar-refractivity contribution in [3.63, 3.8) is 0 Å². The van der Waals surface area contributed by atoms with Crippen LogP contribution in [0, 0.1) is 6.92 Å². The van der Waals surface area contributed by atoms with E-state index in [9.17, 15) is 0 Å². The second-order valence-electron chi connectivity index (χ2n) is 5.63. The van der Waals surface area contributed by atoms with Crippen LogP contribution in [0.2, 0.25) is 0 Å². The van der Waals surface area contributed by atoms with Crippen LogP contribution in [0.25, 0.3) is 0 Å². The molecule has 1 fully saturated rings. The van der Waals surface area contributed by atoms with Gasteiger partial charge < -0.3 is 20.3 Å². The van der Waals surface area contributed by atoms with Gasteiger partial charge in [-0.2, -0.15) is 0 Å². The van der Waals surface area contributed by atoms with Gasteiger partial charge in [-0.1, -0.05) is 31.4 Å². The van der Waals surface area contributed by atoms with E-state index in [1.165, 1.54) is 43.2 Å². The van der Waals surface area contributed by atoms with E-state index in [1.54, 1.807) is 7.11 Å². The van der Waals surface area contributed by atoms with Gasteiger partial charge in [-0.3, -0.25) is 0 Å². The second-order valence-corrected chi connectivity index (χ2v) is 5.63. The predicted molar refractivity (Wildman–Crippen MR) is 86.7 cm³/mol. The Morgan fingerprint density at radius 2 is 1.78 bits per heavy atom. The summed E-state index contributed by atoms with van der Waals surface area (Å²) >= 11 is 0. The predicted octanol–water partition coefficient (Wildman–Crippen LogP) is 2.58. The zero-order valence-corrected chi connectivity index (χ0v) is 13.7. The number of carboxylic acids is 2. The van der Waals surface area contributed by atoms with Crippen LogP contribution in [0.5, 0.6) is 5.75 Å². The van der Waals surface area contributed by atoms with Gasteiger partial charge in [-0.05, 0) is 37.0 Å². The summed E-state index contributed by atoms with van der Waals surface area (Å²) in [4.78, 5) is 18.2. The molecule has 6 nitrogen and oxygen atoms in total. The van der Waals surface area contributed by atoms with Gasteiger partial charge in [0.25, 0.3) is 0 Å². The Morgan fingerprint density at radius 3 is 2.26 bits per heavy atom. The zero-order valence-electron chi connectivity index (χ0n) is 13.7. The summed E-state index contributed by atoms with van der Waals surface area (Å²) in [6, 6.07) is 7.16. The van der Waals surface area contributed by atoms with Crippen molar-refractivity contribution in [3.8, 4) is 5.75 Å². The minimum atomic E-state index is -1.82. The average molecular weight is 323 g/mol. The number of methoxy groups -OCH3 is 1. The normalized spacial score (nSPS) is 14.5. The lowest BCUT2D eigenvalue weighted by atomic mass is 9.95. The van der Waals surface area contributed by atoms with Gasteiger partial charge in [0.15, 0.2) is 0 Å². The fraction of sp³-hybridized carbons (Fsp3) is 0.529. The fourth-order valence-corrected chi connectivity index (χ4v) is 2.62. The first-order valence-corrected chi connectivity index (χ1v) is 7.77. The summed E-state index contributed by atoms with van der Waals surface area (Å²) in [6.45, 7) is 3.08. The molecular weight excluding hydrogens is 298 g/mol. The maximum Gasteiger partial charge on any atom is 0.414 e. The highest BCUT2D eigenvalue weighted by Crippen LogP contribution is 2.20. The molecule has 0 spiro atoms. The maximum absolute atomic E-state index is 9.10. The lowest BCUT2D eigenvalue weighted by Crippen LogP contribution is -2.30. The molecule has 0 saturated heterocycles. The van der Waals surface area contributed by atoms with E-state index in [1.807, 2.05) is 0 Å². The van der Waals surface area contributed by atoms with Gasteiger partial charge in [0.05, 0.1) is 7.11 Å². The molecule has 1 aromatic rings. The van der Waals surface area contributed by atoms with E-state index in [0.29, 0.717) is 0 Å². The molecule has 0 atom stereocenters. The molecule has 23 heavy (non-hydrogen) atoms. The molecule has 0 aliphatic heterocycles. The van der Waals surface area contributed by atoms with Crippen LogP contribution < -0.4 is 10.1 Å². The number of aryl methyl sites for hydroxylation is 1. The molecule has 0 radical (unpaired) electrons. The van der Waals surface area contributed by atoms with Gasteiger partial charge in [-0.15, -0.1) is 0 Å². The summed E-state index contributed by atoms with van der Waals surface area (Å²) in [5, 5.41) is 18.4. The highest BCUT2D eigenvalue weighted by molar-refractivity contribution is 6.27. The minimum Gasteiger partial charge on any atom is -0.496 e. The standard InChI is InChI=1S/C15H23NO.C2H2O4/c1-12-10-13(8-9-15(12)17-2)11-16-14-6-4-3-5-7-14;3-1(4)2(5)6/h8-10,14,16H,3-7,11H2,1-2H3;(H,3,4)(H,5,6). The lowest BCUT2D eigenvalue weighted by molar-refractivity contribution is -0.159. The number of benzene rings is 1. The summed E-state index contributed by atoms with van der Waals surface area (Å²) in [6.07, 6.45) is 6.88. The highest BCUT2D eigenvalue weighted by Gasteiger charge is 2.12. The SMILES string of the molecule is COc1ccc(CNC2CCCCC2)cc1C.O=C(O)C(=O)O. The Kier molecular flexibility index (Phi) is 8.11. The maximum atomic E-state index is 9.10. The van der Waals surface area contributed by atoms with Crippen molar-refractivity contribution < 1.29 is 24.5 Å². The Bertz CT molecular complexity index is 512. The van der Waals surface area contributed by atoms with Crippen molar-refractivity contribution in [3.05, 3.63) is 29.3 Å². The molecule has 2 rings (SSSR count). The summed E-state index contributed by atoms with van der Waals surface area (Å²) in [5.74, 6) is -2.67. The van der Waals surface area contributed by atoms with Crippen LogP contribution in [0.3, 0.4) is 0 Å². The van der Waals surface area contributed by atoms with Gasteiger partial charge in [0.2, 0.25) is 0 Å². The molecule has 128 valence electrons. The molecule has 0 heterocycles. The first kappa shape index (κ1) is 19.0. The quantitative estimate of drug-likeness (QED) is 0.737. The van der Waals surface area contributed by atoms with E-state index in [4.69, 9.17) is 24.5 Å². The van der Waals surface area contributed by atoms with E-state index in [-0.39, 0.29) is 0 Å². The number of rotatable bonds is 4. The Hall–Kier alpha value is -2.08. The third-order valence-corrected chi connectivity index (χ3v) is 3.84. The number of hydrogen-bond acceptors (Lipinski definition) is 4. The van der Waals surface area contributed by atoms with Crippen LogP contribution in [-0.2, 0) is 16.1 Å². The molecule has 0 bridgehead atoms. The molecule has 1 aliphatic rings. The van der Waals surface area contributed by atoms with Crippen molar-refractivity contribution in [2.24, 2.45) is 0 Å². The second kappa shape index (κ2) is 9.84. The number of aliphatic carboxylic acids is 2. The first-order valence-electron chi connectivity index (χ1n) is 7.77. The van der Waals surface area contributed by atoms with Crippen LogP contribution in [-0.4, -0.2) is 35.3 Å². The van der Waals surface area contributed by atoms with Crippen LogP contribution in [0.15, 0.2) is 18.2 Å². The molecule has 3 N–H and O–H groups in total. The third kappa shape index (κ3) is 7.15. The molecular formula is C17H25NO5. The van der Waals surface area contributed by atoms with E-state index in [0.717, 1.165) is 18.3 Å². The van der Waals surface area contributed by atoms with Crippen LogP contribution >= 0.6 is 0 Å². The molecule has 0 amide bonds. The Morgan fingerprint density at radius 1 is 1.17 bits per heavy atom. The zero-order chi connectivity index (χ0) is 17.2. The summed E-state index contributed by atoms with van der Waals surface area (Å²) in [5.41, 5.74) is 2.57. The van der Waals surface area contributed by atoms with Gasteiger partial charge in [-0.25, -0.2) is 9.59 Å². The van der Waals surface area contributed by atoms with E-state index in [2.05, 4.69) is 30.4 Å². The van der Waals surface area contributed by atoms with E-state index < -0.39 is 11.9 Å². The Balaban J connectivity index is 0.000000379. The van der Waals surface area contributed by atoms with Crippen LogP contribution in [0.4, 0.5) is 0 Å². The number of carboxylic acid groups (broad SMARTS) is 2. The van der Waals surface area contributed by atoms with E-state index >= 15 is 0 Å². The Labute approximate surface area is 136 Å². The van der Waals surface area contributed by atoms with Gasteiger partial charge >= 0.3 is 11.9 Å². The topological polar surface area (TPSA) is 95.9 Å². The lowest BCUT2D eigenvalue weighted by Gasteiger charge is -2.23. The first-order chi connectivity index (χ1) is 10.9. The smallest absolute Gasteiger partial charge is 0.414 e. The van der Waals surface area contributed by atoms with Crippen molar-refractivity contribution in [1.82, 2.24) is 5.32 Å². The van der Waals surface area contributed by atoms with Crippen molar-refractivity contribution in [2.45, 2.75) is 51.6 Å². The van der Waals surface area contributed by atoms with Gasteiger partial charge in [0, 0.05) is 12.6 Å². The summed E-state index contributed by atoms with van der Waals surface area (Å²) in [7, 11) is 1.72. The van der Waals surface area contributed by atoms with Crippen molar-refractivity contribution >= 4 is 11.9 Å². The number of carbonyl (C=O) groups is 2. The molecule has 0 aromatic heterocycles. The third-order valence-electron chi connectivity index (χ3n) is 3.84. The molecule has 1 aliphatic carbocycles.